The van der Waals surface area contributed by atoms with Crippen LogP contribution in [-0.4, -0.2) is 4.98 Å². The summed E-state index contributed by atoms with van der Waals surface area (Å²) in [4.78, 5) is 4.34. The summed E-state index contributed by atoms with van der Waals surface area (Å²) in [5, 5.41) is 0.668. The molecule has 0 saturated carbocycles. The molecule has 0 aliphatic heterocycles. The molecule has 0 spiro atoms. The largest absolute Gasteiger partial charge is 0.487 e. The van der Waals surface area contributed by atoms with Crippen molar-refractivity contribution in [2.75, 3.05) is 0 Å². The zero-order valence-corrected chi connectivity index (χ0v) is 13.4. The van der Waals surface area contributed by atoms with Gasteiger partial charge in [-0.3, -0.25) is 4.98 Å². The van der Waals surface area contributed by atoms with Crippen LogP contribution in [0.2, 0.25) is 5.02 Å². The fourth-order valence-electron chi connectivity index (χ4n) is 1.62. The van der Waals surface area contributed by atoms with Gasteiger partial charge in [0, 0.05) is 20.8 Å². The van der Waals surface area contributed by atoms with Crippen molar-refractivity contribution in [2.24, 2.45) is 0 Å². The number of hydrogen-bond donors (Lipinski definition) is 0. The summed E-state index contributed by atoms with van der Waals surface area (Å²) in [7, 11) is 0. The molecule has 0 aliphatic carbocycles. The molecule has 1 heterocycles. The molecule has 0 unspecified atom stereocenters. The zero-order chi connectivity index (χ0) is 13.8. The molecular formula is C14H12BrCl2NO. The Bertz CT molecular complexity index is 590. The highest BCUT2D eigenvalue weighted by Gasteiger charge is 2.07. The highest BCUT2D eigenvalue weighted by Crippen LogP contribution is 2.24. The Labute approximate surface area is 130 Å². The quantitative estimate of drug-likeness (QED) is 0.705. The number of aryl methyl sites for hydroxylation is 1. The van der Waals surface area contributed by atoms with Crippen molar-refractivity contribution in [3.8, 4) is 5.75 Å². The molecule has 1 aromatic carbocycles. The number of pyridine rings is 1. The van der Waals surface area contributed by atoms with Crippen molar-refractivity contribution in [2.45, 2.75) is 19.4 Å². The smallest absolute Gasteiger partial charge is 0.142 e. The van der Waals surface area contributed by atoms with Crippen molar-refractivity contribution >= 4 is 39.1 Å². The van der Waals surface area contributed by atoms with Crippen LogP contribution in [0.5, 0.6) is 5.75 Å². The summed E-state index contributed by atoms with van der Waals surface area (Å²) in [5.74, 6) is 1.02. The molecule has 1 aromatic heterocycles. The highest BCUT2D eigenvalue weighted by molar-refractivity contribution is 9.10. The molecular weight excluding hydrogens is 349 g/mol. The lowest BCUT2D eigenvalue weighted by Crippen LogP contribution is -2.01. The van der Waals surface area contributed by atoms with Crippen LogP contribution < -0.4 is 4.74 Å². The van der Waals surface area contributed by atoms with Gasteiger partial charge in [0.05, 0.1) is 11.6 Å². The van der Waals surface area contributed by atoms with E-state index in [1.807, 2.05) is 37.3 Å². The maximum absolute atomic E-state index is 6.14. The highest BCUT2D eigenvalue weighted by atomic mass is 79.9. The monoisotopic (exact) mass is 359 g/mol. The van der Waals surface area contributed by atoms with Gasteiger partial charge in [-0.05, 0) is 31.2 Å². The van der Waals surface area contributed by atoms with Crippen LogP contribution in [0.4, 0.5) is 0 Å². The number of hydrogen-bond acceptors (Lipinski definition) is 2. The normalized spacial score (nSPS) is 10.5. The first-order valence-corrected chi connectivity index (χ1v) is 7.40. The third kappa shape index (κ3) is 3.85. The van der Waals surface area contributed by atoms with E-state index in [2.05, 4.69) is 20.9 Å². The molecule has 2 rings (SSSR count). The lowest BCUT2D eigenvalue weighted by atomic mass is 10.2. The van der Waals surface area contributed by atoms with Crippen LogP contribution in [0.3, 0.4) is 0 Å². The summed E-state index contributed by atoms with van der Waals surface area (Å²) in [6, 6.07) is 9.48. The van der Waals surface area contributed by atoms with Crippen molar-refractivity contribution in [3.05, 3.63) is 56.8 Å². The van der Waals surface area contributed by atoms with E-state index in [4.69, 9.17) is 27.9 Å². The van der Waals surface area contributed by atoms with E-state index in [0.717, 1.165) is 21.4 Å². The van der Waals surface area contributed by atoms with E-state index in [0.29, 0.717) is 23.3 Å². The second kappa shape index (κ2) is 6.60. The number of halogens is 3. The number of ether oxygens (including phenoxy) is 1. The molecule has 0 N–H and O–H groups in total. The van der Waals surface area contributed by atoms with Crippen molar-refractivity contribution in [1.29, 1.82) is 0 Å². The van der Waals surface area contributed by atoms with Gasteiger partial charge in [-0.1, -0.05) is 33.6 Å². The van der Waals surface area contributed by atoms with Gasteiger partial charge in [0.2, 0.25) is 0 Å². The Kier molecular flexibility index (Phi) is 5.08. The molecule has 0 atom stereocenters. The molecule has 100 valence electrons. The number of rotatable bonds is 4. The number of aromatic nitrogens is 1. The first-order chi connectivity index (χ1) is 9.10. The van der Waals surface area contributed by atoms with Crippen LogP contribution in [-0.2, 0) is 12.5 Å². The maximum atomic E-state index is 6.14. The fourth-order valence-corrected chi connectivity index (χ4v) is 2.54. The van der Waals surface area contributed by atoms with Crippen molar-refractivity contribution in [1.82, 2.24) is 4.98 Å². The molecule has 0 bridgehead atoms. The molecule has 0 aliphatic rings. The van der Waals surface area contributed by atoms with Crippen LogP contribution >= 0.6 is 39.1 Å². The summed E-state index contributed by atoms with van der Waals surface area (Å²) < 4.78 is 6.69. The standard InChI is InChI=1S/C14H12BrCl2NO/c1-9-2-5-14(13(7-16)18-9)19-8-10-3-4-11(15)6-12(10)17/h2-6H,7-8H2,1H3. The molecule has 2 aromatic rings. The maximum Gasteiger partial charge on any atom is 0.142 e. The van der Waals surface area contributed by atoms with Gasteiger partial charge in [0.1, 0.15) is 12.4 Å². The lowest BCUT2D eigenvalue weighted by molar-refractivity contribution is 0.302. The average molecular weight is 361 g/mol. The zero-order valence-electron chi connectivity index (χ0n) is 10.3. The molecule has 0 radical (unpaired) electrons. The van der Waals surface area contributed by atoms with Crippen LogP contribution in [0, 0.1) is 6.92 Å². The minimum absolute atomic E-state index is 0.324. The van der Waals surface area contributed by atoms with E-state index in [9.17, 15) is 0 Å². The SMILES string of the molecule is Cc1ccc(OCc2ccc(Br)cc2Cl)c(CCl)n1. The minimum atomic E-state index is 0.324. The summed E-state index contributed by atoms with van der Waals surface area (Å²) in [5.41, 5.74) is 2.59. The first-order valence-electron chi connectivity index (χ1n) is 5.69. The van der Waals surface area contributed by atoms with Crippen LogP contribution in [0.15, 0.2) is 34.8 Å². The third-order valence-electron chi connectivity index (χ3n) is 2.60. The summed E-state index contributed by atoms with van der Waals surface area (Å²) in [6.07, 6.45) is 0. The fraction of sp³-hybridized carbons (Fsp3) is 0.214. The number of alkyl halides is 1. The lowest BCUT2D eigenvalue weighted by Gasteiger charge is -2.11. The van der Waals surface area contributed by atoms with Crippen molar-refractivity contribution in [3.63, 3.8) is 0 Å². The molecule has 0 amide bonds. The second-order valence-electron chi connectivity index (χ2n) is 4.06. The molecule has 0 fully saturated rings. The topological polar surface area (TPSA) is 22.1 Å². The van der Waals surface area contributed by atoms with E-state index < -0.39 is 0 Å². The molecule has 5 heteroatoms. The van der Waals surface area contributed by atoms with Crippen LogP contribution in [0.1, 0.15) is 17.0 Å². The Morgan fingerprint density at radius 2 is 2.05 bits per heavy atom. The molecule has 0 saturated heterocycles. The van der Waals surface area contributed by atoms with E-state index in [-0.39, 0.29) is 0 Å². The van der Waals surface area contributed by atoms with Gasteiger partial charge in [0.25, 0.3) is 0 Å². The van der Waals surface area contributed by atoms with Crippen molar-refractivity contribution < 1.29 is 4.74 Å². The van der Waals surface area contributed by atoms with Gasteiger partial charge < -0.3 is 4.74 Å². The Balaban J connectivity index is 2.14. The average Bonchev–Trinajstić information content (AvgIpc) is 2.39. The third-order valence-corrected chi connectivity index (χ3v) is 3.69. The molecule has 19 heavy (non-hydrogen) atoms. The van der Waals surface area contributed by atoms with E-state index >= 15 is 0 Å². The van der Waals surface area contributed by atoms with Gasteiger partial charge in [-0.25, -0.2) is 0 Å². The predicted octanol–water partition coefficient (Wildman–Crippen LogP) is 5.12. The Morgan fingerprint density at radius 1 is 1.26 bits per heavy atom. The van der Waals surface area contributed by atoms with Gasteiger partial charge in [0.15, 0.2) is 0 Å². The second-order valence-corrected chi connectivity index (χ2v) is 5.65. The first kappa shape index (κ1) is 14.6. The Morgan fingerprint density at radius 3 is 2.74 bits per heavy atom. The molecule has 2 nitrogen and oxygen atoms in total. The number of nitrogens with zero attached hydrogens (tertiary/aromatic N) is 1. The van der Waals surface area contributed by atoms with E-state index in [1.54, 1.807) is 0 Å². The predicted molar refractivity (Wildman–Crippen MR) is 82.0 cm³/mol. The van der Waals surface area contributed by atoms with Gasteiger partial charge >= 0.3 is 0 Å². The van der Waals surface area contributed by atoms with Gasteiger partial charge in [-0.2, -0.15) is 0 Å². The Hall–Kier alpha value is -0.770. The number of benzene rings is 1. The summed E-state index contributed by atoms with van der Waals surface area (Å²) in [6.45, 7) is 2.31. The summed E-state index contributed by atoms with van der Waals surface area (Å²) >= 11 is 15.4. The van der Waals surface area contributed by atoms with Crippen LogP contribution in [0.25, 0.3) is 0 Å². The minimum Gasteiger partial charge on any atom is -0.487 e. The van der Waals surface area contributed by atoms with Gasteiger partial charge in [-0.15, -0.1) is 11.6 Å². The van der Waals surface area contributed by atoms with E-state index in [1.165, 1.54) is 0 Å².